The standard InChI is InChI=1S/C22H28N6O/c1-13-10-15(26-20-14(2)19(23)24-12-25-20)11-17-18(13)21(29)27-22(17)6-8-28(9-7-22)16-4-3-5-16/h10-12,16H,3-9H2,1-2H3,(H,27,29)(H3,23,24,25,26). The number of nitrogens with one attached hydrogen (secondary N) is 2. The highest BCUT2D eigenvalue weighted by Crippen LogP contribution is 2.43. The normalized spacial score (nSPS) is 21.0. The number of hydrogen-bond acceptors (Lipinski definition) is 6. The summed E-state index contributed by atoms with van der Waals surface area (Å²) in [6.45, 7) is 6.00. The van der Waals surface area contributed by atoms with Gasteiger partial charge in [-0.25, -0.2) is 9.97 Å². The summed E-state index contributed by atoms with van der Waals surface area (Å²) in [4.78, 5) is 23.8. The number of hydrogen-bond donors (Lipinski definition) is 3. The van der Waals surface area contributed by atoms with Gasteiger partial charge in [-0.2, -0.15) is 0 Å². The van der Waals surface area contributed by atoms with E-state index in [1.165, 1.54) is 25.6 Å². The van der Waals surface area contributed by atoms with Crippen LogP contribution in [0.3, 0.4) is 0 Å². The number of nitrogens with zero attached hydrogens (tertiary/aromatic N) is 3. The lowest BCUT2D eigenvalue weighted by Gasteiger charge is -2.45. The van der Waals surface area contributed by atoms with Crippen LogP contribution in [0.4, 0.5) is 17.3 Å². The smallest absolute Gasteiger partial charge is 0.252 e. The van der Waals surface area contributed by atoms with Gasteiger partial charge in [-0.05, 0) is 62.8 Å². The van der Waals surface area contributed by atoms with Gasteiger partial charge in [0.2, 0.25) is 0 Å². The van der Waals surface area contributed by atoms with Gasteiger partial charge in [-0.1, -0.05) is 6.42 Å². The van der Waals surface area contributed by atoms with Crippen molar-refractivity contribution in [3.63, 3.8) is 0 Å². The van der Waals surface area contributed by atoms with E-state index in [1.807, 2.05) is 19.9 Å². The summed E-state index contributed by atoms with van der Waals surface area (Å²) >= 11 is 0. The molecule has 0 unspecified atom stereocenters. The molecule has 1 aliphatic carbocycles. The predicted octanol–water partition coefficient (Wildman–Crippen LogP) is 3.01. The molecule has 152 valence electrons. The van der Waals surface area contributed by atoms with Crippen LogP contribution in [0.5, 0.6) is 0 Å². The van der Waals surface area contributed by atoms with E-state index in [2.05, 4.69) is 31.6 Å². The first-order valence-electron chi connectivity index (χ1n) is 10.5. The monoisotopic (exact) mass is 392 g/mol. The number of carbonyl (C=O) groups excluding carboxylic acids is 1. The Hall–Kier alpha value is -2.67. The molecule has 1 saturated heterocycles. The molecule has 0 bridgehead atoms. The number of likely N-dealkylation sites (tertiary alicyclic amines) is 1. The number of piperidine rings is 1. The van der Waals surface area contributed by atoms with Crippen molar-refractivity contribution in [3.05, 3.63) is 40.7 Å². The van der Waals surface area contributed by atoms with Crippen molar-refractivity contribution in [2.24, 2.45) is 0 Å². The molecular weight excluding hydrogens is 364 g/mol. The van der Waals surface area contributed by atoms with Crippen LogP contribution in [0.1, 0.15) is 59.2 Å². The van der Waals surface area contributed by atoms with Crippen LogP contribution in [0, 0.1) is 13.8 Å². The zero-order valence-corrected chi connectivity index (χ0v) is 17.1. The van der Waals surface area contributed by atoms with Crippen molar-refractivity contribution >= 4 is 23.2 Å². The average molecular weight is 393 g/mol. The highest BCUT2D eigenvalue weighted by Gasteiger charge is 2.46. The Kier molecular flexibility index (Phi) is 4.24. The summed E-state index contributed by atoms with van der Waals surface area (Å²) in [6.07, 6.45) is 7.39. The van der Waals surface area contributed by atoms with Gasteiger partial charge < -0.3 is 21.3 Å². The summed E-state index contributed by atoms with van der Waals surface area (Å²) in [6, 6.07) is 4.89. The van der Waals surface area contributed by atoms with Gasteiger partial charge in [0.25, 0.3) is 5.91 Å². The van der Waals surface area contributed by atoms with Gasteiger partial charge in [0.1, 0.15) is 18.0 Å². The lowest BCUT2D eigenvalue weighted by molar-refractivity contribution is 0.0603. The fourth-order valence-electron chi connectivity index (χ4n) is 5.03. The second-order valence-electron chi connectivity index (χ2n) is 8.73. The average Bonchev–Trinajstić information content (AvgIpc) is 2.91. The third kappa shape index (κ3) is 2.95. The van der Waals surface area contributed by atoms with E-state index in [1.54, 1.807) is 0 Å². The van der Waals surface area contributed by atoms with E-state index in [0.29, 0.717) is 11.6 Å². The number of nitrogen functional groups attached to an aromatic ring is 1. The first-order chi connectivity index (χ1) is 14.0. The Bertz CT molecular complexity index is 976. The minimum atomic E-state index is -0.255. The number of benzene rings is 1. The van der Waals surface area contributed by atoms with E-state index >= 15 is 0 Å². The number of anilines is 3. The predicted molar refractivity (Wildman–Crippen MR) is 113 cm³/mol. The van der Waals surface area contributed by atoms with E-state index in [9.17, 15) is 4.79 Å². The molecule has 1 spiro atoms. The van der Waals surface area contributed by atoms with Gasteiger partial charge in [0, 0.05) is 35.9 Å². The molecule has 1 aromatic heterocycles. The van der Waals surface area contributed by atoms with Gasteiger partial charge >= 0.3 is 0 Å². The number of amides is 1. The van der Waals surface area contributed by atoms with Crippen LogP contribution in [-0.4, -0.2) is 39.9 Å². The fourth-order valence-corrected chi connectivity index (χ4v) is 5.03. The third-order valence-electron chi connectivity index (χ3n) is 7.06. The lowest BCUT2D eigenvalue weighted by Crippen LogP contribution is -2.53. The minimum Gasteiger partial charge on any atom is -0.383 e. The first-order valence-corrected chi connectivity index (χ1v) is 10.5. The molecule has 1 saturated carbocycles. The Balaban J connectivity index is 1.46. The SMILES string of the molecule is Cc1cc(Nc2ncnc(N)c2C)cc2c1C(=O)NC21CCN(C2CCC2)CC1. The third-order valence-corrected chi connectivity index (χ3v) is 7.06. The van der Waals surface area contributed by atoms with Crippen LogP contribution in [0.2, 0.25) is 0 Å². The maximum absolute atomic E-state index is 12.8. The molecule has 2 fully saturated rings. The molecule has 1 amide bonds. The van der Waals surface area contributed by atoms with Crippen LogP contribution in [-0.2, 0) is 5.54 Å². The van der Waals surface area contributed by atoms with Crippen LogP contribution in [0.25, 0.3) is 0 Å². The van der Waals surface area contributed by atoms with Crippen molar-refractivity contribution in [1.82, 2.24) is 20.2 Å². The minimum absolute atomic E-state index is 0.0589. The second kappa shape index (κ2) is 6.69. The molecule has 5 rings (SSSR count). The van der Waals surface area contributed by atoms with Crippen LogP contribution in [0.15, 0.2) is 18.5 Å². The Labute approximate surface area is 171 Å². The molecular formula is C22H28N6O. The molecule has 3 heterocycles. The van der Waals surface area contributed by atoms with Crippen molar-refractivity contribution in [2.45, 2.75) is 57.5 Å². The van der Waals surface area contributed by atoms with Crippen molar-refractivity contribution < 1.29 is 4.79 Å². The summed E-state index contributed by atoms with van der Waals surface area (Å²) in [5.41, 5.74) is 10.4. The van der Waals surface area contributed by atoms with Crippen LogP contribution < -0.4 is 16.4 Å². The maximum atomic E-state index is 12.8. The van der Waals surface area contributed by atoms with E-state index in [-0.39, 0.29) is 11.4 Å². The summed E-state index contributed by atoms with van der Waals surface area (Å²) in [5.74, 6) is 1.23. The molecule has 7 nitrogen and oxygen atoms in total. The van der Waals surface area contributed by atoms with E-state index in [0.717, 1.165) is 59.9 Å². The van der Waals surface area contributed by atoms with Crippen molar-refractivity contribution in [2.75, 3.05) is 24.1 Å². The maximum Gasteiger partial charge on any atom is 0.252 e. The van der Waals surface area contributed by atoms with E-state index in [4.69, 9.17) is 5.73 Å². The van der Waals surface area contributed by atoms with Gasteiger partial charge in [-0.3, -0.25) is 4.79 Å². The molecule has 1 aromatic carbocycles. The second-order valence-corrected chi connectivity index (χ2v) is 8.73. The number of rotatable bonds is 3. The zero-order valence-electron chi connectivity index (χ0n) is 17.1. The van der Waals surface area contributed by atoms with Crippen molar-refractivity contribution in [1.29, 1.82) is 0 Å². The van der Waals surface area contributed by atoms with Gasteiger partial charge in [0.05, 0.1) is 5.54 Å². The van der Waals surface area contributed by atoms with Gasteiger partial charge in [0.15, 0.2) is 0 Å². The molecule has 4 N–H and O–H groups in total. The number of carbonyl (C=O) groups is 1. The number of fused-ring (bicyclic) bond motifs is 2. The number of aryl methyl sites for hydroxylation is 1. The summed E-state index contributed by atoms with van der Waals surface area (Å²) < 4.78 is 0. The molecule has 7 heteroatoms. The molecule has 0 radical (unpaired) electrons. The highest BCUT2D eigenvalue weighted by molar-refractivity contribution is 6.02. The summed E-state index contributed by atoms with van der Waals surface area (Å²) in [5, 5.41) is 6.73. The van der Waals surface area contributed by atoms with Crippen molar-refractivity contribution in [3.8, 4) is 0 Å². The highest BCUT2D eigenvalue weighted by atomic mass is 16.2. The first kappa shape index (κ1) is 18.4. The largest absolute Gasteiger partial charge is 0.383 e. The van der Waals surface area contributed by atoms with E-state index < -0.39 is 0 Å². The molecule has 2 aromatic rings. The number of nitrogens with two attached hydrogens (primary N) is 1. The zero-order chi connectivity index (χ0) is 20.2. The topological polar surface area (TPSA) is 96.2 Å². The molecule has 3 aliphatic rings. The Morgan fingerprint density at radius 3 is 2.66 bits per heavy atom. The lowest BCUT2D eigenvalue weighted by atomic mass is 9.79. The molecule has 29 heavy (non-hydrogen) atoms. The fraction of sp³-hybridized carbons (Fsp3) is 0.500. The van der Waals surface area contributed by atoms with Gasteiger partial charge in [-0.15, -0.1) is 0 Å². The Morgan fingerprint density at radius 1 is 1.21 bits per heavy atom. The van der Waals surface area contributed by atoms with Crippen LogP contribution >= 0.6 is 0 Å². The quantitative estimate of drug-likeness (QED) is 0.743. The molecule has 0 atom stereocenters. The Morgan fingerprint density at radius 2 is 1.97 bits per heavy atom. The number of aromatic nitrogens is 2. The summed E-state index contributed by atoms with van der Waals surface area (Å²) in [7, 11) is 0. The molecule has 2 aliphatic heterocycles.